The average Bonchev–Trinajstić information content (AvgIpc) is 3.53. The predicted octanol–water partition coefficient (Wildman–Crippen LogP) is 4.47. The number of nitrogens with zero attached hydrogens (tertiary/aromatic N) is 3. The van der Waals surface area contributed by atoms with Crippen molar-refractivity contribution in [3.63, 3.8) is 0 Å². The second kappa shape index (κ2) is 7.85. The number of imidazole rings is 1. The molecule has 0 bridgehead atoms. The lowest BCUT2D eigenvalue weighted by Crippen LogP contribution is -2.35. The van der Waals surface area contributed by atoms with E-state index in [2.05, 4.69) is 50.6 Å². The van der Waals surface area contributed by atoms with E-state index < -0.39 is 0 Å². The van der Waals surface area contributed by atoms with Crippen molar-refractivity contribution in [1.82, 2.24) is 9.55 Å². The molecule has 0 atom stereocenters. The van der Waals surface area contributed by atoms with Gasteiger partial charge in [0.25, 0.3) is 0 Å². The lowest BCUT2D eigenvalue weighted by molar-refractivity contribution is -0.669. The summed E-state index contributed by atoms with van der Waals surface area (Å²) < 4.78 is 26.9. The summed E-state index contributed by atoms with van der Waals surface area (Å²) in [6.07, 6.45) is 8.84. The molecule has 2 aromatic heterocycles. The van der Waals surface area contributed by atoms with Crippen molar-refractivity contribution < 1.29 is 23.5 Å². The van der Waals surface area contributed by atoms with Crippen LogP contribution in [0.2, 0.25) is 0 Å². The van der Waals surface area contributed by atoms with Crippen LogP contribution in [0.25, 0.3) is 32.4 Å². The lowest BCUT2D eigenvalue weighted by atomic mass is 10.00. The van der Waals surface area contributed by atoms with Crippen molar-refractivity contribution in [2.24, 2.45) is 0 Å². The molecule has 1 aliphatic heterocycles. The van der Waals surface area contributed by atoms with Gasteiger partial charge < -0.3 is 23.5 Å². The Labute approximate surface area is 190 Å². The molecular formula is C26H24N3O4+. The third-order valence-corrected chi connectivity index (χ3v) is 6.29. The van der Waals surface area contributed by atoms with Gasteiger partial charge in [-0.05, 0) is 35.7 Å². The molecule has 1 aliphatic rings. The fourth-order valence-corrected chi connectivity index (χ4v) is 4.71. The third-order valence-electron chi connectivity index (χ3n) is 6.29. The smallest absolute Gasteiger partial charge is 0.231 e. The van der Waals surface area contributed by atoms with Crippen LogP contribution in [0.15, 0.2) is 61.3 Å². The molecule has 0 saturated carbocycles. The number of aryl methyl sites for hydroxylation is 2. The third kappa shape index (κ3) is 3.28. The number of hydrogen-bond acceptors (Lipinski definition) is 5. The van der Waals surface area contributed by atoms with Crippen molar-refractivity contribution in [2.45, 2.75) is 19.5 Å². The van der Waals surface area contributed by atoms with Crippen molar-refractivity contribution in [1.29, 1.82) is 0 Å². The summed E-state index contributed by atoms with van der Waals surface area (Å²) in [6, 6.07) is 12.6. The Morgan fingerprint density at radius 3 is 2.55 bits per heavy atom. The van der Waals surface area contributed by atoms with Crippen LogP contribution in [-0.4, -0.2) is 30.6 Å². The number of methoxy groups -OCH3 is 2. The normalized spacial score (nSPS) is 12.7. The zero-order valence-corrected chi connectivity index (χ0v) is 18.6. The van der Waals surface area contributed by atoms with E-state index in [1.165, 1.54) is 0 Å². The molecule has 0 N–H and O–H groups in total. The minimum atomic E-state index is 0.258. The van der Waals surface area contributed by atoms with Crippen LogP contribution < -0.4 is 23.5 Å². The van der Waals surface area contributed by atoms with Gasteiger partial charge in [-0.25, -0.2) is 4.98 Å². The maximum absolute atomic E-state index is 5.70. The van der Waals surface area contributed by atoms with Gasteiger partial charge >= 0.3 is 0 Å². The van der Waals surface area contributed by atoms with Gasteiger partial charge in [0.1, 0.15) is 0 Å². The van der Waals surface area contributed by atoms with Gasteiger partial charge in [0, 0.05) is 30.7 Å². The molecule has 6 rings (SSSR count). The van der Waals surface area contributed by atoms with E-state index in [4.69, 9.17) is 18.9 Å². The largest absolute Gasteiger partial charge is 0.493 e. The monoisotopic (exact) mass is 442 g/mol. The molecule has 0 fully saturated rings. The number of hydrogen-bond donors (Lipinski definition) is 0. The molecular weight excluding hydrogens is 418 g/mol. The molecule has 0 unspecified atom stereocenters. The first-order chi connectivity index (χ1) is 16.2. The SMILES string of the molecule is COc1cc2c[n+](CCCn3ccnc3)c3c4cc5c(cc4ccc3c2cc1OC)OCO5. The molecule has 0 saturated heterocycles. The van der Waals surface area contributed by atoms with Crippen LogP contribution in [0.3, 0.4) is 0 Å². The molecule has 7 nitrogen and oxygen atoms in total. The first-order valence-electron chi connectivity index (χ1n) is 10.9. The number of pyridine rings is 1. The Balaban J connectivity index is 1.59. The van der Waals surface area contributed by atoms with E-state index in [1.807, 2.05) is 24.8 Å². The Kier molecular flexibility index (Phi) is 4.68. The number of benzene rings is 3. The average molecular weight is 442 g/mol. The summed E-state index contributed by atoms with van der Waals surface area (Å²) in [5.74, 6) is 3.02. The molecule has 3 heterocycles. The summed E-state index contributed by atoms with van der Waals surface area (Å²) >= 11 is 0. The van der Waals surface area contributed by atoms with Crippen molar-refractivity contribution in [3.05, 3.63) is 61.3 Å². The highest BCUT2D eigenvalue weighted by atomic mass is 16.7. The zero-order chi connectivity index (χ0) is 22.4. The van der Waals surface area contributed by atoms with Crippen molar-refractivity contribution in [3.8, 4) is 23.0 Å². The predicted molar refractivity (Wildman–Crippen MR) is 125 cm³/mol. The lowest BCUT2D eigenvalue weighted by Gasteiger charge is -2.12. The number of rotatable bonds is 6. The highest BCUT2D eigenvalue weighted by Gasteiger charge is 2.22. The van der Waals surface area contributed by atoms with Gasteiger partial charge in [0.05, 0.1) is 36.7 Å². The Morgan fingerprint density at radius 2 is 1.76 bits per heavy atom. The molecule has 3 aromatic carbocycles. The van der Waals surface area contributed by atoms with Crippen LogP contribution in [0.5, 0.6) is 23.0 Å². The molecule has 0 radical (unpaired) electrons. The van der Waals surface area contributed by atoms with Crippen molar-refractivity contribution >= 4 is 32.4 Å². The van der Waals surface area contributed by atoms with E-state index in [0.29, 0.717) is 0 Å². The number of aromatic nitrogens is 3. The molecule has 0 amide bonds. The first kappa shape index (κ1) is 19.7. The van der Waals surface area contributed by atoms with Gasteiger partial charge in [-0.3, -0.25) is 0 Å². The first-order valence-corrected chi connectivity index (χ1v) is 10.9. The standard InChI is InChI=1S/C26H24N3O4/c1-30-22-11-18-14-29(8-3-7-28-9-6-27-15-28)26-19(20(18)12-23(22)31-2)5-4-17-10-24-25(13-21(17)26)33-16-32-24/h4-6,9-15H,3,7-8,16H2,1-2H3/q+1. The molecule has 0 spiro atoms. The van der Waals surface area contributed by atoms with E-state index in [9.17, 15) is 0 Å². The Bertz CT molecular complexity index is 1500. The van der Waals surface area contributed by atoms with Gasteiger partial charge in [0.15, 0.2) is 35.7 Å². The van der Waals surface area contributed by atoms with Crippen LogP contribution in [-0.2, 0) is 13.1 Å². The van der Waals surface area contributed by atoms with Crippen LogP contribution in [0, 0.1) is 0 Å². The quantitative estimate of drug-likeness (QED) is 0.287. The Morgan fingerprint density at radius 1 is 0.939 bits per heavy atom. The van der Waals surface area contributed by atoms with Crippen LogP contribution in [0.4, 0.5) is 0 Å². The van der Waals surface area contributed by atoms with Gasteiger partial charge in [-0.1, -0.05) is 6.07 Å². The second-order valence-electron chi connectivity index (χ2n) is 8.16. The van der Waals surface area contributed by atoms with Gasteiger partial charge in [-0.2, -0.15) is 4.57 Å². The zero-order valence-electron chi connectivity index (χ0n) is 18.6. The van der Waals surface area contributed by atoms with E-state index >= 15 is 0 Å². The highest BCUT2D eigenvalue weighted by molar-refractivity contribution is 6.14. The summed E-state index contributed by atoms with van der Waals surface area (Å²) in [4.78, 5) is 4.15. The van der Waals surface area contributed by atoms with Gasteiger partial charge in [0.2, 0.25) is 12.3 Å². The van der Waals surface area contributed by atoms with Crippen LogP contribution >= 0.6 is 0 Å². The molecule has 7 heteroatoms. The fourth-order valence-electron chi connectivity index (χ4n) is 4.71. The maximum atomic E-state index is 5.70. The highest BCUT2D eigenvalue weighted by Crippen LogP contribution is 2.40. The van der Waals surface area contributed by atoms with E-state index in [-0.39, 0.29) is 6.79 Å². The van der Waals surface area contributed by atoms with Crippen molar-refractivity contribution in [2.75, 3.05) is 21.0 Å². The van der Waals surface area contributed by atoms with E-state index in [0.717, 1.165) is 75.0 Å². The number of ether oxygens (including phenoxy) is 4. The topological polar surface area (TPSA) is 58.6 Å². The molecule has 5 aromatic rings. The maximum Gasteiger partial charge on any atom is 0.231 e. The molecule has 0 aliphatic carbocycles. The van der Waals surface area contributed by atoms with Gasteiger partial charge in [-0.15, -0.1) is 0 Å². The molecule has 33 heavy (non-hydrogen) atoms. The van der Waals surface area contributed by atoms with Crippen LogP contribution in [0.1, 0.15) is 6.42 Å². The van der Waals surface area contributed by atoms with E-state index in [1.54, 1.807) is 14.2 Å². The fraction of sp³-hybridized carbons (Fsp3) is 0.231. The summed E-state index contributed by atoms with van der Waals surface area (Å²) in [5.41, 5.74) is 1.16. The second-order valence-corrected chi connectivity index (χ2v) is 8.16. The Hall–Kier alpha value is -4.00. The summed E-state index contributed by atoms with van der Waals surface area (Å²) in [5, 5.41) is 5.63. The minimum absolute atomic E-state index is 0.258. The number of fused-ring (bicyclic) bond motifs is 6. The summed E-state index contributed by atoms with van der Waals surface area (Å²) in [6.45, 7) is 2.01. The minimum Gasteiger partial charge on any atom is -0.493 e. The molecule has 166 valence electrons. The summed E-state index contributed by atoms with van der Waals surface area (Å²) in [7, 11) is 3.33.